The van der Waals surface area contributed by atoms with Gasteiger partial charge in [-0.1, -0.05) is 29.8 Å². The maximum Gasteiger partial charge on any atom is 0.317 e. The van der Waals surface area contributed by atoms with Gasteiger partial charge in [-0.15, -0.1) is 0 Å². The average Bonchev–Trinajstić information content (AvgIpc) is 3.00. The number of rotatable bonds is 2. The first-order chi connectivity index (χ1) is 12.7. The number of urea groups is 1. The van der Waals surface area contributed by atoms with Crippen molar-refractivity contribution in [3.63, 3.8) is 0 Å². The molecule has 2 aliphatic heterocycles. The number of ether oxygens (including phenoxy) is 1. The summed E-state index contributed by atoms with van der Waals surface area (Å²) in [7, 11) is 0. The van der Waals surface area contributed by atoms with Gasteiger partial charge in [0.15, 0.2) is 0 Å². The summed E-state index contributed by atoms with van der Waals surface area (Å²) in [6.45, 7) is 2.14. The van der Waals surface area contributed by atoms with Gasteiger partial charge in [0.1, 0.15) is 5.75 Å². The van der Waals surface area contributed by atoms with Crippen LogP contribution in [0.2, 0.25) is 5.02 Å². The smallest absolute Gasteiger partial charge is 0.317 e. The van der Waals surface area contributed by atoms with Gasteiger partial charge in [0.2, 0.25) is 0 Å². The molecule has 2 aromatic rings. The van der Waals surface area contributed by atoms with Crippen LogP contribution in [0.5, 0.6) is 5.75 Å². The molecule has 0 bridgehead atoms. The number of para-hydroxylation sites is 1. The van der Waals surface area contributed by atoms with Gasteiger partial charge in [-0.3, -0.25) is 4.68 Å². The van der Waals surface area contributed by atoms with Crippen molar-refractivity contribution in [2.24, 2.45) is 0 Å². The Bertz CT molecular complexity index is 770. The van der Waals surface area contributed by atoms with Gasteiger partial charge in [0, 0.05) is 24.8 Å². The van der Waals surface area contributed by atoms with Crippen LogP contribution in [0, 0.1) is 0 Å². The van der Waals surface area contributed by atoms with E-state index in [4.69, 9.17) is 16.3 Å². The fourth-order valence-electron chi connectivity index (χ4n) is 3.76. The third kappa shape index (κ3) is 3.65. The molecule has 6 nitrogen and oxygen atoms in total. The molecule has 4 rings (SSSR count). The zero-order valence-corrected chi connectivity index (χ0v) is 15.4. The van der Waals surface area contributed by atoms with E-state index in [2.05, 4.69) is 10.4 Å². The van der Waals surface area contributed by atoms with E-state index >= 15 is 0 Å². The minimum atomic E-state index is 0.00338. The highest BCUT2D eigenvalue weighted by Gasteiger charge is 2.27. The van der Waals surface area contributed by atoms with Crippen molar-refractivity contribution in [1.82, 2.24) is 20.0 Å². The minimum Gasteiger partial charge on any atom is -0.493 e. The lowest BCUT2D eigenvalue weighted by molar-refractivity contribution is 0.165. The monoisotopic (exact) mass is 374 g/mol. The highest BCUT2D eigenvalue weighted by atomic mass is 35.5. The molecular weight excluding hydrogens is 352 g/mol. The molecule has 26 heavy (non-hydrogen) atoms. The van der Waals surface area contributed by atoms with E-state index in [-0.39, 0.29) is 12.1 Å². The fraction of sp³-hybridized carbons (Fsp3) is 0.474. The van der Waals surface area contributed by atoms with Crippen molar-refractivity contribution >= 4 is 17.6 Å². The molecule has 0 radical (unpaired) electrons. The lowest BCUT2D eigenvalue weighted by atomic mass is 10.0. The van der Waals surface area contributed by atoms with Gasteiger partial charge < -0.3 is 15.0 Å². The Kier molecular flexibility index (Phi) is 5.02. The summed E-state index contributed by atoms with van der Waals surface area (Å²) >= 11 is 5.95. The predicted octanol–water partition coefficient (Wildman–Crippen LogP) is 3.80. The first-order valence-corrected chi connectivity index (χ1v) is 9.55. The molecule has 1 fully saturated rings. The normalized spacial score (nSPS) is 20.8. The number of nitrogens with one attached hydrogen (secondary N) is 1. The number of carbonyl (C=O) groups excluding carboxylic acids is 1. The highest BCUT2D eigenvalue weighted by Crippen LogP contribution is 2.31. The van der Waals surface area contributed by atoms with Gasteiger partial charge >= 0.3 is 6.03 Å². The Hall–Kier alpha value is -2.21. The first kappa shape index (κ1) is 17.2. The van der Waals surface area contributed by atoms with Gasteiger partial charge in [0.25, 0.3) is 0 Å². The summed E-state index contributed by atoms with van der Waals surface area (Å²) in [5.41, 5.74) is 1.07. The summed E-state index contributed by atoms with van der Waals surface area (Å²) in [6, 6.07) is 8.29. The van der Waals surface area contributed by atoms with Crippen LogP contribution in [0.3, 0.4) is 0 Å². The van der Waals surface area contributed by atoms with Crippen LogP contribution in [0.1, 0.15) is 43.3 Å². The molecule has 1 atom stereocenters. The van der Waals surface area contributed by atoms with Crippen molar-refractivity contribution in [3.05, 3.63) is 47.2 Å². The average molecular weight is 375 g/mol. The van der Waals surface area contributed by atoms with Crippen LogP contribution in [0.25, 0.3) is 0 Å². The van der Waals surface area contributed by atoms with Crippen molar-refractivity contribution in [1.29, 1.82) is 0 Å². The van der Waals surface area contributed by atoms with Crippen LogP contribution in [0.4, 0.5) is 4.79 Å². The topological polar surface area (TPSA) is 59.4 Å². The molecule has 1 aromatic heterocycles. The summed E-state index contributed by atoms with van der Waals surface area (Å²) < 4.78 is 7.70. The zero-order chi connectivity index (χ0) is 17.9. The summed E-state index contributed by atoms with van der Waals surface area (Å²) in [5.74, 6) is 0.879. The number of carbonyl (C=O) groups is 1. The van der Waals surface area contributed by atoms with Crippen molar-refractivity contribution in [2.75, 3.05) is 19.7 Å². The SMILES string of the molecule is O=C(NC1CCCOc2ccccc21)N1CCC(n2cc(Cl)cn2)CC1. The summed E-state index contributed by atoms with van der Waals surface area (Å²) in [4.78, 5) is 14.7. The lowest BCUT2D eigenvalue weighted by Gasteiger charge is -2.33. The Morgan fingerprint density at radius 3 is 2.81 bits per heavy atom. The highest BCUT2D eigenvalue weighted by molar-refractivity contribution is 6.30. The molecule has 1 aromatic carbocycles. The van der Waals surface area contributed by atoms with Crippen LogP contribution in [-0.4, -0.2) is 40.4 Å². The number of amides is 2. The van der Waals surface area contributed by atoms with E-state index in [0.717, 1.165) is 50.1 Å². The summed E-state index contributed by atoms with van der Waals surface area (Å²) in [5, 5.41) is 8.15. The Balaban J connectivity index is 1.37. The molecule has 2 aliphatic rings. The standard InChI is InChI=1S/C19H23ClN4O2/c20-14-12-21-24(13-14)15-7-9-23(10-8-15)19(25)22-17-5-3-11-26-18-6-2-1-4-16(17)18/h1-2,4,6,12-13,15,17H,3,5,7-11H2,(H,22,25). The van der Waals surface area contributed by atoms with E-state index in [9.17, 15) is 4.79 Å². The molecule has 7 heteroatoms. The predicted molar refractivity (Wildman–Crippen MR) is 99.5 cm³/mol. The van der Waals surface area contributed by atoms with Crippen LogP contribution in [-0.2, 0) is 0 Å². The van der Waals surface area contributed by atoms with E-state index < -0.39 is 0 Å². The number of likely N-dealkylation sites (tertiary alicyclic amines) is 1. The van der Waals surface area contributed by atoms with Crippen LogP contribution < -0.4 is 10.1 Å². The van der Waals surface area contributed by atoms with Gasteiger partial charge in [0.05, 0.1) is 29.9 Å². The first-order valence-electron chi connectivity index (χ1n) is 9.17. The number of piperidine rings is 1. The molecule has 0 saturated carbocycles. The number of halogens is 1. The van der Waals surface area contributed by atoms with E-state index in [1.54, 1.807) is 6.20 Å². The number of aromatic nitrogens is 2. The molecule has 1 unspecified atom stereocenters. The largest absolute Gasteiger partial charge is 0.493 e. The maximum atomic E-state index is 12.8. The van der Waals surface area contributed by atoms with E-state index in [1.165, 1.54) is 0 Å². The Morgan fingerprint density at radius 1 is 1.23 bits per heavy atom. The quantitative estimate of drug-likeness (QED) is 0.869. The van der Waals surface area contributed by atoms with E-state index in [1.807, 2.05) is 40.0 Å². The molecule has 0 spiro atoms. The summed E-state index contributed by atoms with van der Waals surface area (Å²) in [6.07, 6.45) is 7.11. The number of hydrogen-bond acceptors (Lipinski definition) is 3. The van der Waals surface area contributed by atoms with Gasteiger partial charge in [-0.25, -0.2) is 4.79 Å². The lowest BCUT2D eigenvalue weighted by Crippen LogP contribution is -2.45. The van der Waals surface area contributed by atoms with Crippen molar-refractivity contribution in [3.8, 4) is 5.75 Å². The Morgan fingerprint density at radius 2 is 2.04 bits per heavy atom. The zero-order valence-electron chi connectivity index (χ0n) is 14.6. The third-order valence-electron chi connectivity index (χ3n) is 5.18. The number of nitrogens with zero attached hydrogens (tertiary/aromatic N) is 3. The van der Waals surface area contributed by atoms with Gasteiger partial charge in [-0.2, -0.15) is 5.10 Å². The Labute approximate surface area is 158 Å². The van der Waals surface area contributed by atoms with E-state index in [0.29, 0.717) is 17.7 Å². The maximum absolute atomic E-state index is 12.8. The second kappa shape index (κ2) is 7.58. The molecule has 3 heterocycles. The van der Waals surface area contributed by atoms with Crippen molar-refractivity contribution < 1.29 is 9.53 Å². The molecule has 138 valence electrons. The molecule has 1 saturated heterocycles. The van der Waals surface area contributed by atoms with Gasteiger partial charge in [-0.05, 0) is 31.7 Å². The molecule has 0 aliphatic carbocycles. The third-order valence-corrected chi connectivity index (χ3v) is 5.38. The van der Waals surface area contributed by atoms with Crippen molar-refractivity contribution in [2.45, 2.75) is 37.8 Å². The number of hydrogen-bond donors (Lipinski definition) is 1. The van der Waals surface area contributed by atoms with Crippen LogP contribution >= 0.6 is 11.6 Å². The second-order valence-corrected chi connectivity index (χ2v) is 7.32. The molecular formula is C19H23ClN4O2. The van der Waals surface area contributed by atoms with Crippen LogP contribution in [0.15, 0.2) is 36.7 Å². The number of fused-ring (bicyclic) bond motifs is 1. The second-order valence-electron chi connectivity index (χ2n) is 6.89. The number of benzene rings is 1. The molecule has 1 N–H and O–H groups in total. The molecule has 2 amide bonds. The minimum absolute atomic E-state index is 0.00338. The fourth-order valence-corrected chi connectivity index (χ4v) is 3.91.